The average Bonchev–Trinajstić information content (AvgIpc) is 2.64. The Balaban J connectivity index is 1.96. The molecule has 2 heterocycles. The number of hydrogen-bond acceptors (Lipinski definition) is 5. The summed E-state index contributed by atoms with van der Waals surface area (Å²) in [6.45, 7) is 8.48. The lowest BCUT2D eigenvalue weighted by Crippen LogP contribution is -2.41. The van der Waals surface area contributed by atoms with Crippen LogP contribution in [0.1, 0.15) is 40.5 Å². The summed E-state index contributed by atoms with van der Waals surface area (Å²) in [5.41, 5.74) is -0.998. The molecule has 2 fully saturated rings. The molecule has 0 aliphatic carbocycles. The number of hydrogen-bond donors (Lipinski definition) is 0. The van der Waals surface area contributed by atoms with Crippen LogP contribution in [0.25, 0.3) is 0 Å². The van der Waals surface area contributed by atoms with Gasteiger partial charge in [0.1, 0.15) is 6.10 Å². The van der Waals surface area contributed by atoms with Gasteiger partial charge in [0.2, 0.25) is 0 Å². The van der Waals surface area contributed by atoms with Crippen LogP contribution in [0.2, 0.25) is 0 Å². The van der Waals surface area contributed by atoms with Gasteiger partial charge in [0.25, 0.3) is 0 Å². The highest BCUT2D eigenvalue weighted by Crippen LogP contribution is 2.43. The molecule has 0 aromatic carbocycles. The third-order valence-electron chi connectivity index (χ3n) is 3.34. The molecular weight excluding hydrogens is 236 g/mol. The van der Waals surface area contributed by atoms with Crippen LogP contribution >= 0.6 is 0 Å². The van der Waals surface area contributed by atoms with Crippen molar-refractivity contribution < 1.29 is 23.7 Å². The molecule has 0 aromatic heterocycles. The standard InChI is InChI=1S/C13H22O5/c1-5-6-7-15-8-9-10-13(4,11(14)16-9)18-12(2,3)17-10/h9-10H,5-8H2,1-4H3/t9-,10-,13-/m1/s1. The monoisotopic (exact) mass is 258 g/mol. The first-order valence-corrected chi connectivity index (χ1v) is 6.56. The zero-order valence-corrected chi connectivity index (χ0v) is 11.5. The fraction of sp³-hybridized carbons (Fsp3) is 0.923. The number of unbranched alkanes of at least 4 members (excludes halogenated alkanes) is 1. The van der Waals surface area contributed by atoms with E-state index in [1.807, 2.05) is 0 Å². The summed E-state index contributed by atoms with van der Waals surface area (Å²) in [5.74, 6) is -1.11. The normalized spacial score (nSPS) is 37.7. The molecule has 0 bridgehead atoms. The zero-order valence-electron chi connectivity index (χ0n) is 11.5. The lowest BCUT2D eigenvalue weighted by Gasteiger charge is -2.21. The predicted molar refractivity (Wildman–Crippen MR) is 64.0 cm³/mol. The van der Waals surface area contributed by atoms with Gasteiger partial charge in [-0.15, -0.1) is 0 Å². The van der Waals surface area contributed by atoms with Crippen molar-refractivity contribution >= 4 is 5.97 Å². The van der Waals surface area contributed by atoms with Gasteiger partial charge in [-0.05, 0) is 27.2 Å². The van der Waals surface area contributed by atoms with E-state index in [2.05, 4.69) is 6.92 Å². The molecule has 2 saturated heterocycles. The van der Waals surface area contributed by atoms with Crippen LogP contribution in [0, 0.1) is 0 Å². The second kappa shape index (κ2) is 4.79. The summed E-state index contributed by atoms with van der Waals surface area (Å²) in [6.07, 6.45) is 1.33. The van der Waals surface area contributed by atoms with Crippen LogP contribution in [-0.2, 0) is 23.7 Å². The summed E-state index contributed by atoms with van der Waals surface area (Å²) in [5, 5.41) is 0. The Hall–Kier alpha value is -0.650. The van der Waals surface area contributed by atoms with Gasteiger partial charge in [0.15, 0.2) is 17.5 Å². The molecule has 5 nitrogen and oxygen atoms in total. The molecule has 3 atom stereocenters. The molecule has 2 aliphatic rings. The van der Waals surface area contributed by atoms with Gasteiger partial charge >= 0.3 is 5.97 Å². The topological polar surface area (TPSA) is 54.0 Å². The van der Waals surface area contributed by atoms with E-state index in [0.29, 0.717) is 13.2 Å². The summed E-state index contributed by atoms with van der Waals surface area (Å²) >= 11 is 0. The molecule has 0 aromatic rings. The van der Waals surface area contributed by atoms with E-state index in [9.17, 15) is 4.79 Å². The Bertz CT molecular complexity index is 327. The first-order valence-electron chi connectivity index (χ1n) is 6.56. The van der Waals surface area contributed by atoms with Crippen LogP contribution in [-0.4, -0.2) is 42.8 Å². The van der Waals surface area contributed by atoms with Gasteiger partial charge in [0, 0.05) is 6.61 Å². The Morgan fingerprint density at radius 1 is 1.33 bits per heavy atom. The highest BCUT2D eigenvalue weighted by Gasteiger charge is 2.64. The Morgan fingerprint density at radius 2 is 2.06 bits per heavy atom. The first-order chi connectivity index (χ1) is 8.39. The van der Waals surface area contributed by atoms with Gasteiger partial charge in [-0.25, -0.2) is 4.79 Å². The highest BCUT2D eigenvalue weighted by molar-refractivity contribution is 5.83. The Morgan fingerprint density at radius 3 is 2.72 bits per heavy atom. The van der Waals surface area contributed by atoms with Crippen molar-refractivity contribution in [3.63, 3.8) is 0 Å². The van der Waals surface area contributed by atoms with E-state index in [-0.39, 0.29) is 18.2 Å². The SMILES string of the molecule is CCCCOC[C@H]1OC(=O)[C@]2(C)OC(C)(C)O[C@H]12. The van der Waals surface area contributed by atoms with Crippen molar-refractivity contribution in [2.24, 2.45) is 0 Å². The number of fused-ring (bicyclic) bond motifs is 1. The molecule has 0 amide bonds. The summed E-state index contributed by atoms with van der Waals surface area (Å²) in [7, 11) is 0. The Labute approximate surface area is 108 Å². The molecule has 2 aliphatic heterocycles. The van der Waals surface area contributed by atoms with Gasteiger partial charge in [-0.2, -0.15) is 0 Å². The maximum absolute atomic E-state index is 11.9. The lowest BCUT2D eigenvalue weighted by molar-refractivity contribution is -0.199. The molecular formula is C13H22O5. The van der Waals surface area contributed by atoms with Gasteiger partial charge in [0.05, 0.1) is 6.61 Å². The van der Waals surface area contributed by atoms with E-state index in [1.165, 1.54) is 0 Å². The first kappa shape index (κ1) is 13.8. The lowest BCUT2D eigenvalue weighted by atomic mass is 9.99. The molecule has 0 N–H and O–H groups in total. The average molecular weight is 258 g/mol. The summed E-state index contributed by atoms with van der Waals surface area (Å²) in [4.78, 5) is 11.9. The minimum absolute atomic E-state index is 0.359. The van der Waals surface area contributed by atoms with Crippen LogP contribution < -0.4 is 0 Å². The smallest absolute Gasteiger partial charge is 0.341 e. The van der Waals surface area contributed by atoms with Crippen LogP contribution in [0.4, 0.5) is 0 Å². The molecule has 2 rings (SSSR count). The van der Waals surface area contributed by atoms with E-state index < -0.39 is 11.4 Å². The van der Waals surface area contributed by atoms with Gasteiger partial charge < -0.3 is 18.9 Å². The fourth-order valence-electron chi connectivity index (χ4n) is 2.48. The number of carbonyl (C=O) groups excluding carboxylic acids is 1. The second-order valence-corrected chi connectivity index (χ2v) is 5.52. The van der Waals surface area contributed by atoms with Crippen molar-refractivity contribution in [2.45, 2.75) is 64.1 Å². The maximum Gasteiger partial charge on any atom is 0.341 e. The van der Waals surface area contributed by atoms with Crippen molar-refractivity contribution in [2.75, 3.05) is 13.2 Å². The third-order valence-corrected chi connectivity index (χ3v) is 3.34. The van der Waals surface area contributed by atoms with Gasteiger partial charge in [-0.3, -0.25) is 0 Å². The van der Waals surface area contributed by atoms with Crippen LogP contribution in [0.3, 0.4) is 0 Å². The number of cyclic esters (lactones) is 1. The van der Waals surface area contributed by atoms with Crippen LogP contribution in [0.5, 0.6) is 0 Å². The van der Waals surface area contributed by atoms with Crippen molar-refractivity contribution in [1.82, 2.24) is 0 Å². The predicted octanol–water partition coefficient (Wildman–Crippen LogP) is 1.64. The van der Waals surface area contributed by atoms with E-state index >= 15 is 0 Å². The minimum atomic E-state index is -0.998. The van der Waals surface area contributed by atoms with Crippen molar-refractivity contribution in [3.8, 4) is 0 Å². The molecule has 0 spiro atoms. The quantitative estimate of drug-likeness (QED) is 0.554. The maximum atomic E-state index is 11.9. The molecule has 18 heavy (non-hydrogen) atoms. The van der Waals surface area contributed by atoms with E-state index in [4.69, 9.17) is 18.9 Å². The Kier molecular flexibility index (Phi) is 3.67. The van der Waals surface area contributed by atoms with E-state index in [0.717, 1.165) is 12.8 Å². The number of ether oxygens (including phenoxy) is 4. The minimum Gasteiger partial charge on any atom is -0.455 e. The number of rotatable bonds is 5. The molecule has 0 radical (unpaired) electrons. The summed E-state index contributed by atoms with van der Waals surface area (Å²) in [6, 6.07) is 0. The van der Waals surface area contributed by atoms with Crippen molar-refractivity contribution in [3.05, 3.63) is 0 Å². The molecule has 0 unspecified atom stereocenters. The largest absolute Gasteiger partial charge is 0.455 e. The fourth-order valence-corrected chi connectivity index (χ4v) is 2.48. The van der Waals surface area contributed by atoms with Crippen LogP contribution in [0.15, 0.2) is 0 Å². The molecule has 104 valence electrons. The van der Waals surface area contributed by atoms with Gasteiger partial charge in [-0.1, -0.05) is 13.3 Å². The number of esters is 1. The summed E-state index contributed by atoms with van der Waals surface area (Å²) < 4.78 is 22.3. The second-order valence-electron chi connectivity index (χ2n) is 5.52. The molecule has 0 saturated carbocycles. The number of carbonyl (C=O) groups is 1. The van der Waals surface area contributed by atoms with E-state index in [1.54, 1.807) is 20.8 Å². The molecule has 5 heteroatoms. The zero-order chi connectivity index (χ0) is 13.4. The van der Waals surface area contributed by atoms with Crippen molar-refractivity contribution in [1.29, 1.82) is 0 Å². The highest BCUT2D eigenvalue weighted by atomic mass is 16.8. The third kappa shape index (κ3) is 2.39.